The fourth-order valence-electron chi connectivity index (χ4n) is 2.70. The van der Waals surface area contributed by atoms with Crippen molar-refractivity contribution < 1.29 is 31.2 Å². The first-order valence-electron chi connectivity index (χ1n) is 8.59. The zero-order valence-corrected chi connectivity index (χ0v) is 18.6. The summed E-state index contributed by atoms with van der Waals surface area (Å²) in [6.45, 7) is 11.9. The third kappa shape index (κ3) is 7.27. The van der Waals surface area contributed by atoms with E-state index in [1.54, 1.807) is 0 Å². The Balaban J connectivity index is 0.000000893. The Labute approximate surface area is 169 Å². The van der Waals surface area contributed by atoms with E-state index in [1.807, 2.05) is 96.1 Å². The molecular formula is C21H31FeO3P. The van der Waals surface area contributed by atoms with E-state index in [0.717, 1.165) is 5.56 Å². The molecule has 0 saturated heterocycles. The smallest absolute Gasteiger partial charge is 0.473 e. The van der Waals surface area contributed by atoms with E-state index in [2.05, 4.69) is 0 Å². The monoisotopic (exact) mass is 418 g/mol. The first kappa shape index (κ1) is 24.9. The van der Waals surface area contributed by atoms with Crippen LogP contribution in [0.25, 0.3) is 0 Å². The van der Waals surface area contributed by atoms with Crippen LogP contribution in [-0.4, -0.2) is 22.4 Å². The van der Waals surface area contributed by atoms with Gasteiger partial charge < -0.3 is 9.30 Å². The van der Waals surface area contributed by atoms with Crippen molar-refractivity contribution in [2.24, 2.45) is 0 Å². The molecule has 26 heavy (non-hydrogen) atoms. The van der Waals surface area contributed by atoms with Crippen LogP contribution in [-0.2, 0) is 37.8 Å². The van der Waals surface area contributed by atoms with Gasteiger partial charge in [-0.25, -0.2) is 24.3 Å². The van der Waals surface area contributed by atoms with Gasteiger partial charge in [0.05, 0.1) is 6.61 Å². The number of hydrogen-bond donors (Lipinski definition) is 0. The minimum absolute atomic E-state index is 0. The molecule has 0 heterocycles. The van der Waals surface area contributed by atoms with Crippen LogP contribution >= 0.6 is 7.14 Å². The predicted molar refractivity (Wildman–Crippen MR) is 106 cm³/mol. The fraction of sp³-hybridized carbons (Fsp3) is 0.476. The third-order valence-electron chi connectivity index (χ3n) is 4.21. The second kappa shape index (κ2) is 10.3. The molecule has 0 radical (unpaired) electrons. The summed E-state index contributed by atoms with van der Waals surface area (Å²) < 4.78 is 18.6. The minimum atomic E-state index is -2.72. The fourth-order valence-corrected chi connectivity index (χ4v) is 6.12. The van der Waals surface area contributed by atoms with E-state index in [-0.39, 0.29) is 35.8 Å². The van der Waals surface area contributed by atoms with Gasteiger partial charge in [-0.05, 0) is 0 Å². The molecule has 0 fully saturated rings. The van der Waals surface area contributed by atoms with E-state index >= 15 is 0 Å². The molecule has 2 aromatic rings. The Morgan fingerprint density at radius 2 is 1.42 bits per heavy atom. The molecule has 0 amide bonds. The Morgan fingerprint density at radius 1 is 0.962 bits per heavy atom. The molecule has 2 rings (SSSR count). The van der Waals surface area contributed by atoms with E-state index < -0.39 is 17.5 Å². The van der Waals surface area contributed by atoms with Gasteiger partial charge >= 0.3 is 23.0 Å². The van der Waals surface area contributed by atoms with Crippen LogP contribution in [0.5, 0.6) is 0 Å². The summed E-state index contributed by atoms with van der Waals surface area (Å²) in [5.41, 5.74) is 0.958. The summed E-state index contributed by atoms with van der Waals surface area (Å²) in [6.07, 6.45) is 0.000703. The molecule has 0 aliphatic heterocycles. The van der Waals surface area contributed by atoms with E-state index in [0.29, 0.717) is 0 Å². The van der Waals surface area contributed by atoms with Gasteiger partial charge in [0.1, 0.15) is 13.3 Å². The van der Waals surface area contributed by atoms with Gasteiger partial charge in [0, 0.05) is 10.3 Å². The van der Waals surface area contributed by atoms with Crippen LogP contribution in [0.3, 0.4) is 0 Å². The molecule has 0 unspecified atom stereocenters. The van der Waals surface area contributed by atoms with Crippen LogP contribution in [0.1, 0.15) is 47.1 Å². The summed E-state index contributed by atoms with van der Waals surface area (Å²) in [7, 11) is -2.72. The number of carbonyl (C=O) groups is 1. The Kier molecular flexibility index (Phi) is 9.88. The molecule has 0 aromatic heterocycles. The first-order valence-corrected chi connectivity index (χ1v) is 10.5. The van der Waals surface area contributed by atoms with Gasteiger partial charge in [0.2, 0.25) is 0 Å². The molecule has 0 aliphatic rings. The van der Waals surface area contributed by atoms with Crippen molar-refractivity contribution in [1.29, 1.82) is 0 Å². The SMILES string of the molecule is CC(C)(C)P(=O)(CC(=O)OC[c-]1cccc1)C(C)(C)C.[Fe+2].c1cc[cH-]c1. The molecular weight excluding hydrogens is 387 g/mol. The van der Waals surface area contributed by atoms with Gasteiger partial charge in [-0.2, -0.15) is 30.3 Å². The molecule has 0 bridgehead atoms. The van der Waals surface area contributed by atoms with Crippen LogP contribution in [0.15, 0.2) is 54.6 Å². The standard InChI is InChI=1S/C16H26O3P.C5H5.Fe/c1-15(2,3)20(18,16(4,5)6)12-14(17)19-11-13-9-7-8-10-13;1-2-4-5-3-1;/h7-10H,11-12H2,1-6H3;1-5H;/q2*-1;+2. The number of esters is 1. The van der Waals surface area contributed by atoms with Crippen molar-refractivity contribution in [1.82, 2.24) is 0 Å². The van der Waals surface area contributed by atoms with Gasteiger partial charge in [0.25, 0.3) is 0 Å². The van der Waals surface area contributed by atoms with Crippen LogP contribution < -0.4 is 0 Å². The molecule has 0 atom stereocenters. The van der Waals surface area contributed by atoms with Gasteiger partial charge in [0.15, 0.2) is 0 Å². The maximum absolute atomic E-state index is 13.3. The second-order valence-corrected chi connectivity index (χ2v) is 12.6. The Bertz CT molecular complexity index is 624. The number of hydrogen-bond acceptors (Lipinski definition) is 3. The van der Waals surface area contributed by atoms with Crippen molar-refractivity contribution in [2.45, 2.75) is 58.5 Å². The molecule has 2 aromatic carbocycles. The average Bonchev–Trinajstić information content (AvgIpc) is 3.18. The second-order valence-electron chi connectivity index (χ2n) is 8.16. The normalized spacial score (nSPS) is 11.8. The van der Waals surface area contributed by atoms with E-state index in [4.69, 9.17) is 4.74 Å². The van der Waals surface area contributed by atoms with Crippen LogP contribution in [0, 0.1) is 0 Å². The van der Waals surface area contributed by atoms with E-state index in [1.165, 1.54) is 0 Å². The van der Waals surface area contributed by atoms with Crippen molar-refractivity contribution in [3.05, 3.63) is 60.2 Å². The molecule has 0 aliphatic carbocycles. The van der Waals surface area contributed by atoms with Gasteiger partial charge in [-0.1, -0.05) is 41.5 Å². The molecule has 0 saturated carbocycles. The van der Waals surface area contributed by atoms with Crippen molar-refractivity contribution in [2.75, 3.05) is 6.16 Å². The largest absolute Gasteiger partial charge is 2.00 e. The Morgan fingerprint density at radius 3 is 1.77 bits per heavy atom. The predicted octanol–water partition coefficient (Wildman–Crippen LogP) is 5.81. The van der Waals surface area contributed by atoms with Crippen molar-refractivity contribution >= 4 is 13.1 Å². The maximum atomic E-state index is 13.3. The number of carbonyl (C=O) groups excluding carboxylic acids is 1. The summed E-state index contributed by atoms with van der Waals surface area (Å²) in [6, 6.07) is 17.6. The summed E-state index contributed by atoms with van der Waals surface area (Å²) >= 11 is 0. The number of ether oxygens (including phenoxy) is 1. The molecule has 5 heteroatoms. The van der Waals surface area contributed by atoms with Gasteiger partial charge in [-0.3, -0.25) is 4.79 Å². The summed E-state index contributed by atoms with van der Waals surface area (Å²) in [5, 5.41) is -0.824. The summed E-state index contributed by atoms with van der Waals surface area (Å²) in [5.74, 6) is -0.376. The average molecular weight is 418 g/mol. The molecule has 146 valence electrons. The van der Waals surface area contributed by atoms with Crippen LogP contribution in [0.4, 0.5) is 0 Å². The zero-order valence-electron chi connectivity index (χ0n) is 16.6. The first-order chi connectivity index (χ1) is 11.5. The molecule has 0 spiro atoms. The summed E-state index contributed by atoms with van der Waals surface area (Å²) in [4.78, 5) is 12.1. The quantitative estimate of drug-likeness (QED) is 0.272. The number of rotatable bonds is 4. The van der Waals surface area contributed by atoms with Crippen molar-refractivity contribution in [3.8, 4) is 0 Å². The zero-order chi connectivity index (χ0) is 19.1. The third-order valence-corrected chi connectivity index (χ3v) is 9.24. The molecule has 3 nitrogen and oxygen atoms in total. The van der Waals surface area contributed by atoms with E-state index in [9.17, 15) is 9.36 Å². The minimum Gasteiger partial charge on any atom is -0.473 e. The molecule has 0 N–H and O–H groups in total. The van der Waals surface area contributed by atoms with Crippen molar-refractivity contribution in [3.63, 3.8) is 0 Å². The topological polar surface area (TPSA) is 43.4 Å². The maximum Gasteiger partial charge on any atom is 2.00 e. The Hall–Kier alpha value is -1.08. The van der Waals surface area contributed by atoms with Crippen LogP contribution in [0.2, 0.25) is 0 Å². The van der Waals surface area contributed by atoms with Gasteiger partial charge in [-0.15, -0.1) is 5.56 Å².